The minimum absolute atomic E-state index is 0.239. The number of hydrogen-bond acceptors (Lipinski definition) is 4. The summed E-state index contributed by atoms with van der Waals surface area (Å²) in [6.07, 6.45) is 7.50. The number of rotatable bonds is 10. The van der Waals surface area contributed by atoms with Crippen LogP contribution < -0.4 is 5.32 Å². The van der Waals surface area contributed by atoms with Crippen molar-refractivity contribution < 1.29 is 14.9 Å². The molecule has 0 amide bonds. The van der Waals surface area contributed by atoms with E-state index in [9.17, 15) is 10.2 Å². The van der Waals surface area contributed by atoms with Crippen LogP contribution in [-0.4, -0.2) is 48.7 Å². The Hall–Kier alpha value is -0.420. The van der Waals surface area contributed by atoms with E-state index in [0.29, 0.717) is 25.0 Å². The Bertz CT molecular complexity index is 270. The quantitative estimate of drug-likeness (QED) is 0.422. The molecular weight excluding hydrogens is 254 g/mol. The summed E-state index contributed by atoms with van der Waals surface area (Å²) in [4.78, 5) is 0. The minimum atomic E-state index is -0.469. The molecule has 4 heteroatoms. The van der Waals surface area contributed by atoms with Gasteiger partial charge in [-0.15, -0.1) is 0 Å². The van der Waals surface area contributed by atoms with E-state index >= 15 is 0 Å². The van der Waals surface area contributed by atoms with Crippen LogP contribution in [-0.2, 0) is 4.74 Å². The number of ether oxygens (including phenoxy) is 1. The highest BCUT2D eigenvalue weighted by Crippen LogP contribution is 2.24. The van der Waals surface area contributed by atoms with Crippen molar-refractivity contribution in [3.05, 3.63) is 12.2 Å². The highest BCUT2D eigenvalue weighted by molar-refractivity contribution is 4.93. The van der Waals surface area contributed by atoms with Gasteiger partial charge in [0.15, 0.2) is 0 Å². The van der Waals surface area contributed by atoms with Crippen molar-refractivity contribution >= 4 is 0 Å². The molecule has 3 N–H and O–H groups in total. The Balaban J connectivity index is 1.99. The number of nitrogens with one attached hydrogen (secondary N) is 1. The normalized spacial score (nSPS) is 25.6. The van der Waals surface area contributed by atoms with Crippen LogP contribution in [0.4, 0.5) is 0 Å². The van der Waals surface area contributed by atoms with Crippen molar-refractivity contribution in [2.45, 2.75) is 51.7 Å². The number of hydrogen-bond donors (Lipinski definition) is 3. The molecule has 0 saturated heterocycles. The van der Waals surface area contributed by atoms with Gasteiger partial charge in [-0.3, -0.25) is 0 Å². The zero-order valence-electron chi connectivity index (χ0n) is 12.9. The van der Waals surface area contributed by atoms with Crippen LogP contribution in [0.1, 0.15) is 39.5 Å². The second kappa shape index (κ2) is 10.3. The first-order valence-corrected chi connectivity index (χ1v) is 7.93. The van der Waals surface area contributed by atoms with E-state index in [-0.39, 0.29) is 6.10 Å². The van der Waals surface area contributed by atoms with Gasteiger partial charge in [0.05, 0.1) is 25.4 Å². The van der Waals surface area contributed by atoms with E-state index < -0.39 is 6.10 Å². The van der Waals surface area contributed by atoms with Gasteiger partial charge in [0.2, 0.25) is 0 Å². The van der Waals surface area contributed by atoms with Crippen LogP contribution in [0, 0.1) is 11.8 Å². The summed E-state index contributed by atoms with van der Waals surface area (Å²) in [5.41, 5.74) is 0. The molecule has 0 spiro atoms. The third-order valence-corrected chi connectivity index (χ3v) is 4.07. The van der Waals surface area contributed by atoms with Crippen molar-refractivity contribution in [2.24, 2.45) is 11.8 Å². The Morgan fingerprint density at radius 2 is 2.00 bits per heavy atom. The lowest BCUT2D eigenvalue weighted by atomic mass is 9.85. The predicted molar refractivity (Wildman–Crippen MR) is 81.6 cm³/mol. The largest absolute Gasteiger partial charge is 0.393 e. The zero-order chi connectivity index (χ0) is 14.8. The summed E-state index contributed by atoms with van der Waals surface area (Å²) in [6, 6.07) is 0. The van der Waals surface area contributed by atoms with E-state index in [1.807, 2.05) is 6.92 Å². The predicted octanol–water partition coefficient (Wildman–Crippen LogP) is 1.72. The van der Waals surface area contributed by atoms with E-state index in [4.69, 9.17) is 4.74 Å². The molecule has 0 aliphatic heterocycles. The van der Waals surface area contributed by atoms with Gasteiger partial charge < -0.3 is 20.3 Å². The van der Waals surface area contributed by atoms with E-state index in [0.717, 1.165) is 38.8 Å². The maximum absolute atomic E-state index is 9.80. The van der Waals surface area contributed by atoms with Crippen LogP contribution in [0.3, 0.4) is 0 Å². The Morgan fingerprint density at radius 3 is 2.70 bits per heavy atom. The molecule has 4 atom stereocenters. The van der Waals surface area contributed by atoms with Crippen LogP contribution in [0.15, 0.2) is 12.2 Å². The van der Waals surface area contributed by atoms with Gasteiger partial charge in [-0.1, -0.05) is 26.0 Å². The Labute approximate surface area is 123 Å². The van der Waals surface area contributed by atoms with Gasteiger partial charge >= 0.3 is 0 Å². The monoisotopic (exact) mass is 285 g/mol. The van der Waals surface area contributed by atoms with Crippen molar-refractivity contribution in [3.8, 4) is 0 Å². The maximum Gasteiger partial charge on any atom is 0.0897 e. The molecule has 0 heterocycles. The summed E-state index contributed by atoms with van der Waals surface area (Å²) < 4.78 is 5.63. The van der Waals surface area contributed by atoms with Gasteiger partial charge in [-0.05, 0) is 44.1 Å². The third kappa shape index (κ3) is 7.39. The molecule has 0 fully saturated rings. The number of aliphatic hydroxyl groups excluding tert-OH is 2. The van der Waals surface area contributed by atoms with E-state index in [1.54, 1.807) is 0 Å². The van der Waals surface area contributed by atoms with Gasteiger partial charge in [0.1, 0.15) is 0 Å². The Morgan fingerprint density at radius 1 is 1.25 bits per heavy atom. The van der Waals surface area contributed by atoms with Crippen LogP contribution in [0.2, 0.25) is 0 Å². The lowest BCUT2D eigenvalue weighted by Gasteiger charge is -2.25. The van der Waals surface area contributed by atoms with Crippen molar-refractivity contribution in [3.63, 3.8) is 0 Å². The first-order chi connectivity index (χ1) is 9.63. The van der Waals surface area contributed by atoms with Gasteiger partial charge in [-0.25, -0.2) is 0 Å². The summed E-state index contributed by atoms with van der Waals surface area (Å²) in [7, 11) is 0. The molecule has 1 aliphatic rings. The van der Waals surface area contributed by atoms with E-state index in [2.05, 4.69) is 24.4 Å². The standard InChI is InChI=1S/C16H31NO3/c1-3-15(18)8-9-17-10-16(19)12-20-11-14-7-5-4-6-13(14)2/h4-5,13-19H,3,6-12H2,1-2H3. The van der Waals surface area contributed by atoms with Gasteiger partial charge in [-0.2, -0.15) is 0 Å². The molecule has 4 nitrogen and oxygen atoms in total. The molecule has 0 aromatic heterocycles. The molecule has 0 aromatic rings. The average molecular weight is 285 g/mol. The molecule has 118 valence electrons. The molecule has 20 heavy (non-hydrogen) atoms. The topological polar surface area (TPSA) is 61.7 Å². The average Bonchev–Trinajstić information content (AvgIpc) is 2.45. The fraction of sp³-hybridized carbons (Fsp3) is 0.875. The van der Waals surface area contributed by atoms with Crippen molar-refractivity contribution in [1.29, 1.82) is 0 Å². The third-order valence-electron chi connectivity index (χ3n) is 4.07. The maximum atomic E-state index is 9.80. The second-order valence-electron chi connectivity index (χ2n) is 5.93. The first kappa shape index (κ1) is 17.6. The minimum Gasteiger partial charge on any atom is -0.393 e. The van der Waals surface area contributed by atoms with Crippen molar-refractivity contribution in [1.82, 2.24) is 5.32 Å². The highest BCUT2D eigenvalue weighted by Gasteiger charge is 2.18. The summed E-state index contributed by atoms with van der Waals surface area (Å²) in [6.45, 7) is 6.60. The molecule has 0 bridgehead atoms. The Kier molecular flexibility index (Phi) is 9.10. The fourth-order valence-corrected chi connectivity index (χ4v) is 2.39. The molecule has 4 unspecified atom stereocenters. The van der Waals surface area contributed by atoms with E-state index in [1.165, 1.54) is 0 Å². The molecule has 0 aromatic carbocycles. The van der Waals surface area contributed by atoms with Crippen molar-refractivity contribution in [2.75, 3.05) is 26.3 Å². The lowest BCUT2D eigenvalue weighted by molar-refractivity contribution is 0.0126. The van der Waals surface area contributed by atoms with Crippen LogP contribution in [0.25, 0.3) is 0 Å². The van der Waals surface area contributed by atoms with Gasteiger partial charge in [0.25, 0.3) is 0 Å². The van der Waals surface area contributed by atoms with Gasteiger partial charge in [0, 0.05) is 6.54 Å². The SMILES string of the molecule is CCC(O)CCNCC(O)COCC1CC=CCC1C. The second-order valence-corrected chi connectivity index (χ2v) is 5.93. The highest BCUT2D eigenvalue weighted by atomic mass is 16.5. The molecule has 1 aliphatic carbocycles. The molecule has 0 saturated carbocycles. The van der Waals surface area contributed by atoms with Crippen LogP contribution in [0.5, 0.6) is 0 Å². The zero-order valence-corrected chi connectivity index (χ0v) is 12.9. The summed E-state index contributed by atoms with van der Waals surface area (Å²) >= 11 is 0. The number of aliphatic hydroxyl groups is 2. The molecular formula is C16H31NO3. The van der Waals surface area contributed by atoms with Crippen LogP contribution >= 0.6 is 0 Å². The summed E-state index contributed by atoms with van der Waals surface area (Å²) in [5, 5.41) is 22.4. The first-order valence-electron chi connectivity index (χ1n) is 7.93. The number of allylic oxidation sites excluding steroid dienone is 2. The molecule has 1 rings (SSSR count). The lowest BCUT2D eigenvalue weighted by Crippen LogP contribution is -2.33. The summed E-state index contributed by atoms with van der Waals surface area (Å²) in [5.74, 6) is 1.26. The fourth-order valence-electron chi connectivity index (χ4n) is 2.39. The molecule has 0 radical (unpaired) electrons. The smallest absolute Gasteiger partial charge is 0.0897 e.